The van der Waals surface area contributed by atoms with Crippen molar-refractivity contribution in [2.45, 2.75) is 25.8 Å². The normalized spacial score (nSPS) is 14.2. The summed E-state index contributed by atoms with van der Waals surface area (Å²) < 4.78 is 0. The first kappa shape index (κ1) is 19.4. The van der Waals surface area contributed by atoms with Crippen molar-refractivity contribution in [3.8, 4) is 0 Å². The maximum absolute atomic E-state index is 11.9. The highest BCUT2D eigenvalue weighted by molar-refractivity contribution is 14.0. The van der Waals surface area contributed by atoms with Crippen LogP contribution in [0.5, 0.6) is 0 Å². The standard InChI is InChI=1S/C16H23N5O.HI/c1-2-18-16(21-14-7-3-4-8-14)20-11-10-19-15(22)13-6-5-9-17-12-13;/h3-6,9,12,14H,2,7-8,10-11H2,1H3,(H,19,22)(H2,18,20,21);1H. The number of hydrogen-bond acceptors (Lipinski definition) is 3. The summed E-state index contributed by atoms with van der Waals surface area (Å²) in [4.78, 5) is 20.3. The minimum Gasteiger partial charge on any atom is -0.357 e. The first-order valence-electron chi connectivity index (χ1n) is 7.67. The Morgan fingerprint density at radius 3 is 2.78 bits per heavy atom. The summed E-state index contributed by atoms with van der Waals surface area (Å²) in [5.74, 6) is 0.674. The van der Waals surface area contributed by atoms with E-state index in [-0.39, 0.29) is 29.9 Å². The van der Waals surface area contributed by atoms with Gasteiger partial charge in [0.05, 0.1) is 12.1 Å². The van der Waals surface area contributed by atoms with Crippen LogP contribution in [0.4, 0.5) is 0 Å². The van der Waals surface area contributed by atoms with Gasteiger partial charge in [0.2, 0.25) is 0 Å². The van der Waals surface area contributed by atoms with E-state index in [2.05, 4.69) is 38.1 Å². The van der Waals surface area contributed by atoms with Crippen LogP contribution in [0, 0.1) is 0 Å². The number of aromatic nitrogens is 1. The van der Waals surface area contributed by atoms with Crippen molar-refractivity contribution in [3.63, 3.8) is 0 Å². The molecule has 126 valence electrons. The van der Waals surface area contributed by atoms with Gasteiger partial charge >= 0.3 is 0 Å². The van der Waals surface area contributed by atoms with Gasteiger partial charge in [-0.25, -0.2) is 0 Å². The van der Waals surface area contributed by atoms with Gasteiger partial charge in [-0.15, -0.1) is 24.0 Å². The fourth-order valence-electron chi connectivity index (χ4n) is 2.18. The number of guanidine groups is 1. The second-order valence-corrected chi connectivity index (χ2v) is 5.04. The number of hydrogen-bond donors (Lipinski definition) is 3. The first-order chi connectivity index (χ1) is 10.8. The zero-order chi connectivity index (χ0) is 15.6. The fourth-order valence-corrected chi connectivity index (χ4v) is 2.18. The molecule has 1 amide bonds. The maximum atomic E-state index is 11.9. The van der Waals surface area contributed by atoms with Gasteiger partial charge in [-0.05, 0) is 31.9 Å². The predicted octanol–water partition coefficient (Wildman–Crippen LogP) is 1.70. The van der Waals surface area contributed by atoms with Gasteiger partial charge in [0.1, 0.15) is 0 Å². The molecule has 0 atom stereocenters. The van der Waals surface area contributed by atoms with Crippen molar-refractivity contribution in [1.29, 1.82) is 0 Å². The van der Waals surface area contributed by atoms with E-state index in [1.54, 1.807) is 24.5 Å². The van der Waals surface area contributed by atoms with Crippen LogP contribution in [0.15, 0.2) is 41.7 Å². The van der Waals surface area contributed by atoms with Crippen LogP contribution in [-0.2, 0) is 0 Å². The number of nitrogens with zero attached hydrogens (tertiary/aromatic N) is 2. The molecule has 0 spiro atoms. The van der Waals surface area contributed by atoms with Crippen LogP contribution in [0.1, 0.15) is 30.1 Å². The Morgan fingerprint density at radius 1 is 1.35 bits per heavy atom. The molecule has 0 unspecified atom stereocenters. The number of carbonyl (C=O) groups is 1. The number of amides is 1. The van der Waals surface area contributed by atoms with Crippen molar-refractivity contribution >= 4 is 35.8 Å². The van der Waals surface area contributed by atoms with E-state index in [0.717, 1.165) is 25.3 Å². The van der Waals surface area contributed by atoms with E-state index in [1.807, 2.05) is 6.92 Å². The van der Waals surface area contributed by atoms with Gasteiger partial charge in [-0.3, -0.25) is 14.8 Å². The quantitative estimate of drug-likeness (QED) is 0.212. The van der Waals surface area contributed by atoms with Crippen molar-refractivity contribution in [1.82, 2.24) is 20.9 Å². The van der Waals surface area contributed by atoms with Crippen LogP contribution in [0.25, 0.3) is 0 Å². The smallest absolute Gasteiger partial charge is 0.252 e. The molecule has 0 saturated heterocycles. The molecule has 7 heteroatoms. The number of pyridine rings is 1. The highest BCUT2D eigenvalue weighted by Gasteiger charge is 2.11. The predicted molar refractivity (Wildman–Crippen MR) is 103 cm³/mol. The zero-order valence-corrected chi connectivity index (χ0v) is 15.6. The van der Waals surface area contributed by atoms with Crippen molar-refractivity contribution in [2.24, 2.45) is 4.99 Å². The average Bonchev–Trinajstić information content (AvgIpc) is 3.05. The second-order valence-electron chi connectivity index (χ2n) is 5.04. The molecule has 0 fully saturated rings. The van der Waals surface area contributed by atoms with Crippen LogP contribution in [0.3, 0.4) is 0 Å². The Morgan fingerprint density at radius 2 is 2.13 bits per heavy atom. The fraction of sp³-hybridized carbons (Fsp3) is 0.438. The highest BCUT2D eigenvalue weighted by Crippen LogP contribution is 2.08. The Bertz CT molecular complexity index is 525. The number of nitrogens with one attached hydrogen (secondary N) is 3. The molecule has 1 aromatic rings. The van der Waals surface area contributed by atoms with Crippen molar-refractivity contribution in [3.05, 3.63) is 42.2 Å². The van der Waals surface area contributed by atoms with Crippen LogP contribution >= 0.6 is 24.0 Å². The summed E-state index contributed by atoms with van der Waals surface area (Å²) in [6, 6.07) is 3.91. The monoisotopic (exact) mass is 429 g/mol. The molecule has 3 N–H and O–H groups in total. The van der Waals surface area contributed by atoms with Crippen LogP contribution < -0.4 is 16.0 Å². The third kappa shape index (κ3) is 6.98. The van der Waals surface area contributed by atoms with Gasteiger partial charge in [0.15, 0.2) is 5.96 Å². The third-order valence-corrected chi connectivity index (χ3v) is 3.28. The topological polar surface area (TPSA) is 78.4 Å². The molecule has 6 nitrogen and oxygen atoms in total. The summed E-state index contributed by atoms with van der Waals surface area (Å²) in [7, 11) is 0. The molecule has 1 aliphatic carbocycles. The van der Waals surface area contributed by atoms with E-state index in [4.69, 9.17) is 0 Å². The van der Waals surface area contributed by atoms with Gasteiger partial charge < -0.3 is 16.0 Å². The van der Waals surface area contributed by atoms with Crippen LogP contribution in [-0.4, -0.2) is 42.5 Å². The number of carbonyl (C=O) groups excluding carboxylic acids is 1. The first-order valence-corrected chi connectivity index (χ1v) is 7.67. The maximum Gasteiger partial charge on any atom is 0.252 e. The third-order valence-electron chi connectivity index (χ3n) is 3.28. The number of rotatable bonds is 6. The molecule has 1 aliphatic rings. The minimum atomic E-state index is -0.124. The van der Waals surface area contributed by atoms with E-state index in [9.17, 15) is 4.79 Å². The summed E-state index contributed by atoms with van der Waals surface area (Å²) in [6.07, 6.45) is 9.61. The van der Waals surface area contributed by atoms with Crippen molar-refractivity contribution < 1.29 is 4.79 Å². The molecular formula is C16H24IN5O. The van der Waals surface area contributed by atoms with Gasteiger partial charge in [0, 0.05) is 31.5 Å². The Balaban J connectivity index is 0.00000264. The van der Waals surface area contributed by atoms with E-state index >= 15 is 0 Å². The molecule has 1 heterocycles. The molecule has 1 aromatic heterocycles. The van der Waals surface area contributed by atoms with Gasteiger partial charge in [0.25, 0.3) is 5.91 Å². The molecule has 0 aromatic carbocycles. The molecule has 0 aliphatic heterocycles. The molecule has 0 radical (unpaired) electrons. The van der Waals surface area contributed by atoms with Gasteiger partial charge in [-0.1, -0.05) is 12.2 Å². The lowest BCUT2D eigenvalue weighted by molar-refractivity contribution is 0.0954. The van der Waals surface area contributed by atoms with E-state index in [0.29, 0.717) is 24.7 Å². The van der Waals surface area contributed by atoms with Crippen molar-refractivity contribution in [2.75, 3.05) is 19.6 Å². The minimum absolute atomic E-state index is 0. The number of aliphatic imine (C=N–C) groups is 1. The lowest BCUT2D eigenvalue weighted by Gasteiger charge is -2.16. The number of halogens is 1. The lowest BCUT2D eigenvalue weighted by atomic mass is 10.2. The summed E-state index contributed by atoms with van der Waals surface area (Å²) in [6.45, 7) is 3.87. The van der Waals surface area contributed by atoms with E-state index < -0.39 is 0 Å². The Labute approximate surface area is 154 Å². The molecule has 0 saturated carbocycles. The van der Waals surface area contributed by atoms with Gasteiger partial charge in [-0.2, -0.15) is 0 Å². The molecule has 0 bridgehead atoms. The Hall–Kier alpha value is -1.64. The molecule has 2 rings (SSSR count). The van der Waals surface area contributed by atoms with Crippen LogP contribution in [0.2, 0.25) is 0 Å². The zero-order valence-electron chi connectivity index (χ0n) is 13.3. The SMILES string of the molecule is CCNC(=NCCNC(=O)c1cccnc1)NC1CC=CC1.I. The molecule has 23 heavy (non-hydrogen) atoms. The lowest BCUT2D eigenvalue weighted by Crippen LogP contribution is -2.43. The highest BCUT2D eigenvalue weighted by atomic mass is 127. The summed E-state index contributed by atoms with van der Waals surface area (Å²) >= 11 is 0. The Kier molecular flexibility index (Phi) is 9.27. The summed E-state index contributed by atoms with van der Waals surface area (Å²) in [5, 5.41) is 9.44. The molecular weight excluding hydrogens is 405 g/mol. The summed E-state index contributed by atoms with van der Waals surface area (Å²) in [5.41, 5.74) is 0.563. The average molecular weight is 429 g/mol. The second kappa shape index (κ2) is 11.0. The largest absolute Gasteiger partial charge is 0.357 e. The van der Waals surface area contributed by atoms with E-state index in [1.165, 1.54) is 0 Å².